The van der Waals surface area contributed by atoms with Crippen LogP contribution in [0.15, 0.2) is 0 Å². The molecule has 0 aromatic rings. The smallest absolute Gasteiger partial charge is 0.318 e. The van der Waals surface area contributed by atoms with E-state index in [0.29, 0.717) is 0 Å². The van der Waals surface area contributed by atoms with Crippen LogP contribution in [-0.2, 0) is 4.79 Å². The summed E-state index contributed by atoms with van der Waals surface area (Å²) >= 11 is 2.06. The van der Waals surface area contributed by atoms with Crippen LogP contribution in [0.25, 0.3) is 0 Å². The molecule has 0 aromatic carbocycles. The van der Waals surface area contributed by atoms with Crippen molar-refractivity contribution in [1.29, 1.82) is 0 Å². The molecule has 0 bridgehead atoms. The number of hydrogen-bond donors (Lipinski definition) is 1. The van der Waals surface area contributed by atoms with Gasteiger partial charge in [0.25, 0.3) is 0 Å². The summed E-state index contributed by atoms with van der Waals surface area (Å²) in [5, 5.41) is 1.95. The van der Waals surface area contributed by atoms with Gasteiger partial charge in [-0.25, -0.2) is 0 Å². The van der Waals surface area contributed by atoms with Gasteiger partial charge in [0.15, 0.2) is 0 Å². The maximum absolute atomic E-state index is 11.8. The molecule has 1 amide bonds. The zero-order chi connectivity index (χ0) is 7.49. The summed E-state index contributed by atoms with van der Waals surface area (Å²) in [7, 11) is 0. The first-order chi connectivity index (χ1) is 3.92. The summed E-state index contributed by atoms with van der Waals surface area (Å²) in [5.41, 5.74) is 0. The highest BCUT2D eigenvalue weighted by atomic mass is 79.9. The lowest BCUT2D eigenvalue weighted by Gasteiger charge is -2.06. The monoisotopic (exact) mass is 201 g/mol. The second-order valence-corrected chi connectivity index (χ2v) is 2.69. The third-order valence-corrected chi connectivity index (χ3v) is 0.818. The van der Waals surface area contributed by atoms with Gasteiger partial charge < -0.3 is 5.32 Å². The van der Waals surface area contributed by atoms with Crippen LogP contribution < -0.4 is 5.32 Å². The van der Waals surface area contributed by atoms with Crippen LogP contribution in [0, 0.1) is 0 Å². The maximum Gasteiger partial charge on any atom is 0.318 e. The van der Waals surface area contributed by atoms with E-state index in [1.54, 1.807) is 0 Å². The lowest BCUT2D eigenvalue weighted by atomic mass is 10.6. The minimum absolute atomic E-state index is 0.464. The van der Waals surface area contributed by atoms with Gasteiger partial charge in [0.05, 0.1) is 6.54 Å². The van der Waals surface area contributed by atoms with Crippen LogP contribution in [0.2, 0.25) is 0 Å². The van der Waals surface area contributed by atoms with E-state index >= 15 is 0 Å². The summed E-state index contributed by atoms with van der Waals surface area (Å²) < 4.78 is 23.6. The van der Waals surface area contributed by atoms with E-state index in [0.717, 1.165) is 0 Å². The Bertz CT molecular complexity index is 112. The molecular formula is C4H6BrF2NO. The zero-order valence-electron chi connectivity index (χ0n) is 4.75. The summed E-state index contributed by atoms with van der Waals surface area (Å²) in [6, 6.07) is 0. The Morgan fingerprint density at radius 2 is 2.22 bits per heavy atom. The molecule has 0 saturated heterocycles. The van der Waals surface area contributed by atoms with Gasteiger partial charge in [-0.15, -0.1) is 0 Å². The maximum atomic E-state index is 11.8. The number of alkyl halides is 3. The van der Waals surface area contributed by atoms with Crippen LogP contribution in [0.1, 0.15) is 6.92 Å². The molecule has 2 nitrogen and oxygen atoms in total. The topological polar surface area (TPSA) is 29.1 Å². The predicted molar refractivity (Wildman–Crippen MR) is 32.6 cm³/mol. The van der Waals surface area contributed by atoms with Crippen molar-refractivity contribution in [2.75, 3.05) is 6.54 Å². The molecule has 0 heterocycles. The first kappa shape index (κ1) is 8.81. The average molecular weight is 202 g/mol. The number of carbonyl (C=O) groups is 1. The molecule has 0 aromatic heterocycles. The molecule has 9 heavy (non-hydrogen) atoms. The SMILES string of the molecule is CC(=O)NCC(F)(F)Br. The van der Waals surface area contributed by atoms with Crippen molar-refractivity contribution >= 4 is 21.8 Å². The van der Waals surface area contributed by atoms with Crippen molar-refractivity contribution < 1.29 is 13.6 Å². The van der Waals surface area contributed by atoms with E-state index in [4.69, 9.17) is 0 Å². The fourth-order valence-electron chi connectivity index (χ4n) is 0.225. The lowest BCUT2D eigenvalue weighted by Crippen LogP contribution is -2.30. The van der Waals surface area contributed by atoms with Crippen LogP contribution >= 0.6 is 15.9 Å². The molecule has 0 aliphatic carbocycles. The molecule has 0 rings (SSSR count). The highest BCUT2D eigenvalue weighted by Gasteiger charge is 2.23. The van der Waals surface area contributed by atoms with E-state index in [-0.39, 0.29) is 0 Å². The Morgan fingerprint density at radius 1 is 1.78 bits per heavy atom. The quantitative estimate of drug-likeness (QED) is 0.667. The minimum Gasteiger partial charge on any atom is -0.349 e. The molecular weight excluding hydrogens is 196 g/mol. The Kier molecular flexibility index (Phi) is 3.03. The van der Waals surface area contributed by atoms with Gasteiger partial charge in [-0.2, -0.15) is 8.78 Å². The van der Waals surface area contributed by atoms with Crippen LogP contribution in [0.3, 0.4) is 0 Å². The van der Waals surface area contributed by atoms with Crippen molar-refractivity contribution in [2.24, 2.45) is 0 Å². The number of halogens is 3. The number of rotatable bonds is 2. The number of hydrogen-bond acceptors (Lipinski definition) is 1. The highest BCUT2D eigenvalue weighted by Crippen LogP contribution is 2.19. The van der Waals surface area contributed by atoms with E-state index in [1.807, 2.05) is 5.32 Å². The van der Waals surface area contributed by atoms with Crippen LogP contribution in [-0.4, -0.2) is 17.3 Å². The number of nitrogens with one attached hydrogen (secondary N) is 1. The highest BCUT2D eigenvalue weighted by molar-refractivity contribution is 9.10. The molecule has 0 aliphatic rings. The molecule has 0 unspecified atom stereocenters. The Morgan fingerprint density at radius 3 is 2.33 bits per heavy atom. The van der Waals surface area contributed by atoms with Gasteiger partial charge >= 0.3 is 4.83 Å². The Balaban J connectivity index is 3.39. The molecule has 0 spiro atoms. The van der Waals surface area contributed by atoms with E-state index in [2.05, 4.69) is 15.9 Å². The van der Waals surface area contributed by atoms with Crippen molar-refractivity contribution in [3.8, 4) is 0 Å². The van der Waals surface area contributed by atoms with Crippen molar-refractivity contribution in [2.45, 2.75) is 11.8 Å². The van der Waals surface area contributed by atoms with Crippen LogP contribution in [0.5, 0.6) is 0 Å². The number of amides is 1. The van der Waals surface area contributed by atoms with E-state index in [1.165, 1.54) is 6.92 Å². The molecule has 54 valence electrons. The molecule has 0 aliphatic heterocycles. The zero-order valence-corrected chi connectivity index (χ0v) is 6.34. The Labute approximate surface area is 59.7 Å². The molecule has 0 atom stereocenters. The van der Waals surface area contributed by atoms with Crippen molar-refractivity contribution in [3.63, 3.8) is 0 Å². The fourth-order valence-corrected chi connectivity index (χ4v) is 0.365. The first-order valence-electron chi connectivity index (χ1n) is 2.23. The third-order valence-electron chi connectivity index (χ3n) is 0.538. The second-order valence-electron chi connectivity index (χ2n) is 1.52. The number of carbonyl (C=O) groups excluding carboxylic acids is 1. The van der Waals surface area contributed by atoms with Crippen molar-refractivity contribution in [3.05, 3.63) is 0 Å². The summed E-state index contributed by atoms with van der Waals surface area (Å²) in [4.78, 5) is 7.04. The molecule has 0 saturated carbocycles. The van der Waals surface area contributed by atoms with Gasteiger partial charge in [0, 0.05) is 6.92 Å². The molecule has 1 N–H and O–H groups in total. The molecule has 0 fully saturated rings. The first-order valence-corrected chi connectivity index (χ1v) is 3.02. The van der Waals surface area contributed by atoms with Gasteiger partial charge in [-0.1, -0.05) is 0 Å². The van der Waals surface area contributed by atoms with Gasteiger partial charge in [0.1, 0.15) is 0 Å². The van der Waals surface area contributed by atoms with Gasteiger partial charge in [0.2, 0.25) is 5.91 Å². The Hall–Kier alpha value is -0.190. The lowest BCUT2D eigenvalue weighted by molar-refractivity contribution is -0.119. The third kappa shape index (κ3) is 7.81. The largest absolute Gasteiger partial charge is 0.349 e. The standard InChI is InChI=1S/C4H6BrF2NO/c1-3(9)8-2-4(5,6)7/h2H2,1H3,(H,8,9). The predicted octanol–water partition coefficient (Wildman–Crippen LogP) is 1.11. The summed E-state index contributed by atoms with van der Waals surface area (Å²) in [5.74, 6) is -0.464. The summed E-state index contributed by atoms with van der Waals surface area (Å²) in [6.45, 7) is 0.515. The van der Waals surface area contributed by atoms with Gasteiger partial charge in [-0.3, -0.25) is 4.79 Å². The minimum atomic E-state index is -2.99. The molecule has 5 heteroatoms. The normalized spacial score (nSPS) is 11.1. The average Bonchev–Trinajstić information content (AvgIpc) is 1.59. The second kappa shape index (κ2) is 3.10. The van der Waals surface area contributed by atoms with E-state index < -0.39 is 17.3 Å². The summed E-state index contributed by atoms with van der Waals surface area (Å²) in [6.07, 6.45) is 0. The fraction of sp³-hybridized carbons (Fsp3) is 0.750. The van der Waals surface area contributed by atoms with Crippen LogP contribution in [0.4, 0.5) is 8.78 Å². The van der Waals surface area contributed by atoms with Gasteiger partial charge in [-0.05, 0) is 15.9 Å². The molecule has 0 radical (unpaired) electrons. The van der Waals surface area contributed by atoms with Crippen molar-refractivity contribution in [1.82, 2.24) is 5.32 Å². The van der Waals surface area contributed by atoms with E-state index in [9.17, 15) is 13.6 Å².